The molecule has 0 bridgehead atoms. The van der Waals surface area contributed by atoms with Gasteiger partial charge in [0.15, 0.2) is 0 Å². The third kappa shape index (κ3) is 1.93. The first-order chi connectivity index (χ1) is 7.20. The standard InChI is InChI=1S/C11H15N3O/c1-8-4-5-10(11(13-8)15-3)14-6-9(2)12-7-14/h4,6-7,10H,5H2,1-3H3. The Kier molecular flexibility index (Phi) is 2.58. The molecule has 2 rings (SSSR count). The summed E-state index contributed by atoms with van der Waals surface area (Å²) in [5.41, 5.74) is 2.02. The lowest BCUT2D eigenvalue weighted by Gasteiger charge is -2.21. The van der Waals surface area contributed by atoms with E-state index in [9.17, 15) is 0 Å². The van der Waals surface area contributed by atoms with E-state index >= 15 is 0 Å². The van der Waals surface area contributed by atoms with Crippen LogP contribution >= 0.6 is 0 Å². The van der Waals surface area contributed by atoms with Crippen LogP contribution in [0.4, 0.5) is 0 Å². The molecule has 0 saturated carbocycles. The summed E-state index contributed by atoms with van der Waals surface area (Å²) in [5, 5.41) is 0. The van der Waals surface area contributed by atoms with E-state index in [-0.39, 0.29) is 6.04 Å². The Labute approximate surface area is 89.3 Å². The lowest BCUT2D eigenvalue weighted by molar-refractivity contribution is 0.359. The number of aliphatic imine (C=N–C) groups is 1. The molecule has 1 aliphatic heterocycles. The predicted molar refractivity (Wildman–Crippen MR) is 58.8 cm³/mol. The molecule has 1 aromatic heterocycles. The van der Waals surface area contributed by atoms with Crippen molar-refractivity contribution in [2.24, 2.45) is 4.99 Å². The minimum absolute atomic E-state index is 0.153. The zero-order valence-electron chi connectivity index (χ0n) is 9.27. The zero-order valence-corrected chi connectivity index (χ0v) is 9.27. The number of ether oxygens (including phenoxy) is 1. The Morgan fingerprint density at radius 1 is 1.47 bits per heavy atom. The van der Waals surface area contributed by atoms with Gasteiger partial charge in [0.05, 0.1) is 19.1 Å². The van der Waals surface area contributed by atoms with E-state index in [2.05, 4.69) is 16.1 Å². The summed E-state index contributed by atoms with van der Waals surface area (Å²) in [5.74, 6) is 0.757. The predicted octanol–water partition coefficient (Wildman–Crippen LogP) is 2.09. The molecule has 0 aromatic carbocycles. The summed E-state index contributed by atoms with van der Waals surface area (Å²) in [4.78, 5) is 8.59. The maximum Gasteiger partial charge on any atom is 0.212 e. The quantitative estimate of drug-likeness (QED) is 0.704. The van der Waals surface area contributed by atoms with Gasteiger partial charge < -0.3 is 9.30 Å². The fourth-order valence-corrected chi connectivity index (χ4v) is 1.72. The second kappa shape index (κ2) is 3.88. The topological polar surface area (TPSA) is 39.4 Å². The fraction of sp³-hybridized carbons (Fsp3) is 0.455. The lowest BCUT2D eigenvalue weighted by Crippen LogP contribution is -2.22. The van der Waals surface area contributed by atoms with Gasteiger partial charge in [-0.2, -0.15) is 0 Å². The van der Waals surface area contributed by atoms with Gasteiger partial charge in [-0.3, -0.25) is 0 Å². The molecule has 1 atom stereocenters. The molecule has 1 unspecified atom stereocenters. The van der Waals surface area contributed by atoms with Crippen molar-refractivity contribution in [2.75, 3.05) is 7.11 Å². The number of allylic oxidation sites excluding steroid dienone is 2. The number of aromatic nitrogens is 2. The number of rotatable bonds is 1. The van der Waals surface area contributed by atoms with Crippen LogP contribution in [0.5, 0.6) is 0 Å². The highest BCUT2D eigenvalue weighted by atomic mass is 16.5. The van der Waals surface area contributed by atoms with Crippen molar-refractivity contribution < 1.29 is 4.74 Å². The van der Waals surface area contributed by atoms with Crippen molar-refractivity contribution >= 4 is 5.90 Å². The van der Waals surface area contributed by atoms with Crippen LogP contribution in [0.25, 0.3) is 0 Å². The highest BCUT2D eigenvalue weighted by Crippen LogP contribution is 2.22. The van der Waals surface area contributed by atoms with E-state index < -0.39 is 0 Å². The van der Waals surface area contributed by atoms with E-state index in [1.54, 1.807) is 7.11 Å². The third-order valence-corrected chi connectivity index (χ3v) is 2.51. The molecular formula is C11H15N3O. The van der Waals surface area contributed by atoms with Crippen molar-refractivity contribution in [3.05, 3.63) is 30.0 Å². The van der Waals surface area contributed by atoms with E-state index in [1.165, 1.54) is 0 Å². The van der Waals surface area contributed by atoms with Crippen molar-refractivity contribution in [3.8, 4) is 0 Å². The van der Waals surface area contributed by atoms with Crippen molar-refractivity contribution in [2.45, 2.75) is 26.3 Å². The van der Waals surface area contributed by atoms with E-state index in [0.29, 0.717) is 0 Å². The normalized spacial score (nSPS) is 20.9. The van der Waals surface area contributed by atoms with Gasteiger partial charge in [-0.15, -0.1) is 0 Å². The number of methoxy groups -OCH3 is 1. The zero-order chi connectivity index (χ0) is 10.8. The molecule has 0 aliphatic carbocycles. The number of aryl methyl sites for hydroxylation is 1. The van der Waals surface area contributed by atoms with Crippen LogP contribution in [0.2, 0.25) is 0 Å². The molecule has 0 fully saturated rings. The van der Waals surface area contributed by atoms with Gasteiger partial charge in [0.25, 0.3) is 0 Å². The molecule has 15 heavy (non-hydrogen) atoms. The maximum atomic E-state index is 5.30. The first-order valence-electron chi connectivity index (χ1n) is 5.00. The average molecular weight is 205 g/mol. The lowest BCUT2D eigenvalue weighted by atomic mass is 10.1. The van der Waals surface area contributed by atoms with Crippen LogP contribution in [-0.4, -0.2) is 22.6 Å². The first kappa shape index (κ1) is 9.96. The maximum absolute atomic E-state index is 5.30. The fourth-order valence-electron chi connectivity index (χ4n) is 1.72. The molecule has 0 amide bonds. The second-order valence-corrected chi connectivity index (χ2v) is 3.71. The average Bonchev–Trinajstić information content (AvgIpc) is 2.64. The van der Waals surface area contributed by atoms with E-state index in [4.69, 9.17) is 4.74 Å². The Morgan fingerprint density at radius 3 is 2.87 bits per heavy atom. The summed E-state index contributed by atoms with van der Waals surface area (Å²) in [6.07, 6.45) is 6.85. The van der Waals surface area contributed by atoms with Crippen molar-refractivity contribution in [3.63, 3.8) is 0 Å². The highest BCUT2D eigenvalue weighted by Gasteiger charge is 2.21. The van der Waals surface area contributed by atoms with Gasteiger partial charge in [-0.25, -0.2) is 9.98 Å². The van der Waals surface area contributed by atoms with Gasteiger partial charge in [-0.05, 0) is 20.3 Å². The molecule has 4 heteroatoms. The Bertz CT molecular complexity index is 417. The first-order valence-corrected chi connectivity index (χ1v) is 5.00. The number of hydrogen-bond acceptors (Lipinski definition) is 3. The Morgan fingerprint density at radius 2 is 2.27 bits per heavy atom. The summed E-state index contributed by atoms with van der Waals surface area (Å²) in [7, 11) is 1.66. The van der Waals surface area contributed by atoms with E-state index in [1.807, 2.05) is 30.9 Å². The number of nitrogens with zero attached hydrogens (tertiary/aromatic N) is 3. The summed E-state index contributed by atoms with van der Waals surface area (Å²) >= 11 is 0. The molecule has 0 radical (unpaired) electrons. The molecule has 2 heterocycles. The summed E-state index contributed by atoms with van der Waals surface area (Å²) in [6.45, 7) is 3.96. The van der Waals surface area contributed by atoms with Crippen molar-refractivity contribution in [1.82, 2.24) is 9.55 Å². The van der Waals surface area contributed by atoms with Crippen LogP contribution in [0, 0.1) is 6.92 Å². The smallest absolute Gasteiger partial charge is 0.212 e. The van der Waals surface area contributed by atoms with Gasteiger partial charge in [0.1, 0.15) is 6.04 Å². The molecule has 80 valence electrons. The Hall–Kier alpha value is -1.58. The van der Waals surface area contributed by atoms with E-state index in [0.717, 1.165) is 23.7 Å². The third-order valence-electron chi connectivity index (χ3n) is 2.51. The van der Waals surface area contributed by atoms with Crippen LogP contribution in [0.3, 0.4) is 0 Å². The van der Waals surface area contributed by atoms with Crippen LogP contribution in [0.1, 0.15) is 25.1 Å². The molecule has 0 saturated heterocycles. The van der Waals surface area contributed by atoms with Gasteiger partial charge in [0, 0.05) is 11.9 Å². The number of hydrogen-bond donors (Lipinski definition) is 0. The largest absolute Gasteiger partial charge is 0.483 e. The van der Waals surface area contributed by atoms with Crippen LogP contribution in [-0.2, 0) is 4.74 Å². The molecular weight excluding hydrogens is 190 g/mol. The number of imidazole rings is 1. The van der Waals surface area contributed by atoms with Gasteiger partial charge in [-0.1, -0.05) is 6.08 Å². The summed E-state index contributed by atoms with van der Waals surface area (Å²) < 4.78 is 7.34. The minimum atomic E-state index is 0.153. The second-order valence-electron chi connectivity index (χ2n) is 3.71. The SMILES string of the molecule is COC1=NC(C)=CCC1n1cnc(C)c1. The van der Waals surface area contributed by atoms with Gasteiger partial charge in [0.2, 0.25) is 5.90 Å². The highest BCUT2D eigenvalue weighted by molar-refractivity contribution is 5.82. The van der Waals surface area contributed by atoms with Crippen LogP contribution < -0.4 is 0 Å². The van der Waals surface area contributed by atoms with Crippen LogP contribution in [0.15, 0.2) is 29.3 Å². The molecule has 4 nitrogen and oxygen atoms in total. The Balaban J connectivity index is 2.28. The minimum Gasteiger partial charge on any atom is -0.483 e. The van der Waals surface area contributed by atoms with Gasteiger partial charge >= 0.3 is 0 Å². The molecule has 1 aromatic rings. The molecule has 0 spiro atoms. The van der Waals surface area contributed by atoms with Crippen molar-refractivity contribution in [1.29, 1.82) is 0 Å². The monoisotopic (exact) mass is 205 g/mol. The summed E-state index contributed by atoms with van der Waals surface area (Å²) in [6, 6.07) is 0.153. The molecule has 0 N–H and O–H groups in total. The molecule has 1 aliphatic rings.